The van der Waals surface area contributed by atoms with Crippen molar-refractivity contribution in [2.75, 3.05) is 10.2 Å². The number of thioether (sulfide) groups is 1. The molecule has 0 radical (unpaired) electrons. The molecular formula is C27H17F3N4O7S2. The molecule has 2 aromatic heterocycles. The number of rotatable bonds is 6. The third kappa shape index (κ3) is 4.91. The van der Waals surface area contributed by atoms with Crippen LogP contribution in [0.5, 0.6) is 0 Å². The zero-order valence-corrected chi connectivity index (χ0v) is 23.1. The second-order valence-electron chi connectivity index (χ2n) is 9.56. The van der Waals surface area contributed by atoms with Gasteiger partial charge >= 0.3 is 11.0 Å². The number of alkyl halides is 3. The Morgan fingerprint density at radius 3 is 2.40 bits per heavy atom. The topological polar surface area (TPSA) is 145 Å². The molecule has 0 bridgehead atoms. The molecule has 0 spiro atoms. The first kappa shape index (κ1) is 28.4. The SMILES string of the molecule is O=C(Cn1c2c(sc1=O)C(c1ccco1)C1C(=O)N(c3ccc([N+](=O)[O-])cc3)C(=O)C1S2)Nc1ccccc1C(F)(F)F. The van der Waals surface area contributed by atoms with Gasteiger partial charge in [-0.2, -0.15) is 13.2 Å². The van der Waals surface area contributed by atoms with E-state index in [4.69, 9.17) is 4.42 Å². The molecule has 0 aliphatic carbocycles. The van der Waals surface area contributed by atoms with Crippen LogP contribution in [0.1, 0.15) is 22.1 Å². The van der Waals surface area contributed by atoms with Crippen LogP contribution in [0.2, 0.25) is 0 Å². The number of furan rings is 1. The van der Waals surface area contributed by atoms with E-state index in [0.717, 1.165) is 44.7 Å². The zero-order valence-electron chi connectivity index (χ0n) is 21.4. The van der Waals surface area contributed by atoms with Gasteiger partial charge in [-0.15, -0.1) is 0 Å². The molecule has 11 nitrogen and oxygen atoms in total. The molecule has 1 saturated heterocycles. The summed E-state index contributed by atoms with van der Waals surface area (Å²) in [6.07, 6.45) is -3.36. The number of hydrogen-bond acceptors (Lipinski definition) is 9. The van der Waals surface area contributed by atoms with Crippen LogP contribution in [0.3, 0.4) is 0 Å². The van der Waals surface area contributed by atoms with Gasteiger partial charge in [-0.3, -0.25) is 33.9 Å². The molecule has 2 aliphatic heterocycles. The first-order chi connectivity index (χ1) is 20.5. The van der Waals surface area contributed by atoms with E-state index in [1.807, 2.05) is 0 Å². The highest BCUT2D eigenvalue weighted by molar-refractivity contribution is 8.00. The van der Waals surface area contributed by atoms with E-state index in [2.05, 4.69) is 5.32 Å². The largest absolute Gasteiger partial charge is 0.469 e. The summed E-state index contributed by atoms with van der Waals surface area (Å²) in [6.45, 7) is -0.652. The number of thiazole rings is 1. The molecule has 1 fully saturated rings. The summed E-state index contributed by atoms with van der Waals surface area (Å²) in [5.41, 5.74) is -1.64. The number of halogens is 3. The van der Waals surface area contributed by atoms with Gasteiger partial charge in [0.05, 0.1) is 49.9 Å². The average molecular weight is 631 g/mol. The molecule has 43 heavy (non-hydrogen) atoms. The van der Waals surface area contributed by atoms with Crippen LogP contribution >= 0.6 is 23.1 Å². The standard InChI is InChI=1S/C27H17F3N4O7S2/c28-27(29,30)15-4-1-2-5-16(15)31-18(35)12-32-25-22(43-26(32)38)19(17-6-3-11-41-17)20-21(42-25)24(37)33(23(20)36)13-7-9-14(10-8-13)34(39)40/h1-11,19-21H,12H2,(H,31,35). The number of carbonyl (C=O) groups excluding carboxylic acids is 3. The summed E-state index contributed by atoms with van der Waals surface area (Å²) in [5.74, 6) is -3.74. The Labute approximate surface area is 247 Å². The summed E-state index contributed by atoms with van der Waals surface area (Å²) in [4.78, 5) is 64.6. The molecule has 2 aliphatic rings. The van der Waals surface area contributed by atoms with E-state index < -0.39 is 68.6 Å². The molecular weight excluding hydrogens is 613 g/mol. The number of nitrogens with zero attached hydrogens (tertiary/aromatic N) is 3. The second kappa shape index (κ2) is 10.5. The van der Waals surface area contributed by atoms with Gasteiger partial charge in [-0.25, -0.2) is 4.90 Å². The number of carbonyl (C=O) groups is 3. The maximum Gasteiger partial charge on any atom is 0.418 e. The molecule has 1 N–H and O–H groups in total. The fourth-order valence-corrected chi connectivity index (χ4v) is 7.93. The Kier molecular flexibility index (Phi) is 6.96. The van der Waals surface area contributed by atoms with Gasteiger partial charge in [-0.1, -0.05) is 35.2 Å². The number of para-hydroxylation sites is 1. The Balaban J connectivity index is 1.36. The number of nitrogens with one attached hydrogen (secondary N) is 1. The number of amides is 3. The number of fused-ring (bicyclic) bond motifs is 2. The number of imide groups is 1. The van der Waals surface area contributed by atoms with Gasteiger partial charge in [0, 0.05) is 12.1 Å². The van der Waals surface area contributed by atoms with Crippen molar-refractivity contribution < 1.29 is 36.9 Å². The van der Waals surface area contributed by atoms with Crippen molar-refractivity contribution in [3.8, 4) is 0 Å². The van der Waals surface area contributed by atoms with Crippen molar-refractivity contribution in [1.29, 1.82) is 0 Å². The van der Waals surface area contributed by atoms with Crippen LogP contribution in [0, 0.1) is 16.0 Å². The van der Waals surface area contributed by atoms with Crippen molar-refractivity contribution in [3.05, 3.63) is 103 Å². The normalized spacial score (nSPS) is 19.7. The Morgan fingerprint density at radius 1 is 1.02 bits per heavy atom. The van der Waals surface area contributed by atoms with Crippen molar-refractivity contribution >= 4 is 57.9 Å². The highest BCUT2D eigenvalue weighted by atomic mass is 32.2. The molecule has 3 unspecified atom stereocenters. The van der Waals surface area contributed by atoms with Gasteiger partial charge in [0.25, 0.3) is 5.69 Å². The van der Waals surface area contributed by atoms with Crippen LogP contribution in [-0.2, 0) is 27.1 Å². The number of benzene rings is 2. The lowest BCUT2D eigenvalue weighted by Crippen LogP contribution is -2.32. The number of nitro benzene ring substituents is 1. The third-order valence-electron chi connectivity index (χ3n) is 7.03. The number of anilines is 2. The Hall–Kier alpha value is -4.70. The molecule has 2 aromatic carbocycles. The predicted molar refractivity (Wildman–Crippen MR) is 148 cm³/mol. The zero-order chi connectivity index (χ0) is 30.6. The van der Waals surface area contributed by atoms with E-state index >= 15 is 0 Å². The molecule has 16 heteroatoms. The fraction of sp³-hybridized carbons (Fsp3) is 0.185. The quantitative estimate of drug-likeness (QED) is 0.181. The van der Waals surface area contributed by atoms with Crippen molar-refractivity contribution in [2.45, 2.75) is 28.9 Å². The lowest BCUT2D eigenvalue weighted by molar-refractivity contribution is -0.384. The van der Waals surface area contributed by atoms with Gasteiger partial charge < -0.3 is 9.73 Å². The summed E-state index contributed by atoms with van der Waals surface area (Å²) in [6, 6.07) is 12.5. The van der Waals surface area contributed by atoms with E-state index in [0.29, 0.717) is 10.6 Å². The van der Waals surface area contributed by atoms with Gasteiger partial charge in [-0.05, 0) is 36.4 Å². The van der Waals surface area contributed by atoms with Gasteiger partial charge in [0.15, 0.2) is 0 Å². The lowest BCUT2D eigenvalue weighted by Gasteiger charge is -2.29. The van der Waals surface area contributed by atoms with Crippen molar-refractivity contribution in [3.63, 3.8) is 0 Å². The summed E-state index contributed by atoms with van der Waals surface area (Å²) >= 11 is 1.64. The maximum atomic E-state index is 13.8. The van der Waals surface area contributed by atoms with Crippen LogP contribution in [0.15, 0.2) is 81.2 Å². The fourth-order valence-electron chi connectivity index (χ4n) is 5.18. The molecule has 3 atom stereocenters. The van der Waals surface area contributed by atoms with Gasteiger partial charge in [0.1, 0.15) is 17.6 Å². The number of nitro groups is 1. The Morgan fingerprint density at radius 2 is 1.74 bits per heavy atom. The van der Waals surface area contributed by atoms with Crippen molar-refractivity contribution in [2.24, 2.45) is 5.92 Å². The summed E-state index contributed by atoms with van der Waals surface area (Å²) < 4.78 is 47.0. The van der Waals surface area contributed by atoms with E-state index in [1.54, 1.807) is 12.1 Å². The molecule has 3 amide bonds. The van der Waals surface area contributed by atoms with Crippen LogP contribution in [0.25, 0.3) is 0 Å². The van der Waals surface area contributed by atoms with Crippen molar-refractivity contribution in [1.82, 2.24) is 4.57 Å². The maximum absolute atomic E-state index is 13.8. The minimum atomic E-state index is -4.73. The van der Waals surface area contributed by atoms with E-state index in [1.165, 1.54) is 42.7 Å². The first-order valence-electron chi connectivity index (χ1n) is 12.5. The minimum Gasteiger partial charge on any atom is -0.469 e. The monoisotopic (exact) mass is 630 g/mol. The first-order valence-corrected chi connectivity index (χ1v) is 14.2. The highest BCUT2D eigenvalue weighted by Gasteiger charge is 2.57. The second-order valence-corrected chi connectivity index (χ2v) is 11.7. The molecule has 220 valence electrons. The van der Waals surface area contributed by atoms with E-state index in [-0.39, 0.29) is 16.4 Å². The minimum absolute atomic E-state index is 0.122. The lowest BCUT2D eigenvalue weighted by atomic mass is 9.87. The number of hydrogen-bond donors (Lipinski definition) is 1. The van der Waals surface area contributed by atoms with E-state index in [9.17, 15) is 42.5 Å². The highest BCUT2D eigenvalue weighted by Crippen LogP contribution is 2.54. The van der Waals surface area contributed by atoms with Gasteiger partial charge in [0.2, 0.25) is 17.7 Å². The smallest absolute Gasteiger partial charge is 0.418 e. The Bertz CT molecular complexity index is 1830. The summed E-state index contributed by atoms with van der Waals surface area (Å²) in [5, 5.41) is 12.4. The van der Waals surface area contributed by atoms with Crippen LogP contribution in [-0.4, -0.2) is 32.5 Å². The predicted octanol–water partition coefficient (Wildman–Crippen LogP) is 4.86. The molecule has 0 saturated carbocycles. The average Bonchev–Trinajstić information content (AvgIpc) is 3.66. The molecule has 4 heterocycles. The summed E-state index contributed by atoms with van der Waals surface area (Å²) in [7, 11) is 0. The third-order valence-corrected chi connectivity index (χ3v) is 9.63. The number of aromatic nitrogens is 1. The van der Waals surface area contributed by atoms with Crippen LogP contribution < -0.4 is 15.1 Å². The molecule has 6 rings (SSSR count). The van der Waals surface area contributed by atoms with Crippen LogP contribution in [0.4, 0.5) is 30.2 Å². The number of non-ortho nitro benzene ring substituents is 1. The molecule has 4 aromatic rings.